The molecule has 132 valence electrons. The number of hydrogen-bond acceptors (Lipinski definition) is 3. The molecule has 2 N–H and O–H groups in total. The first-order valence-corrected chi connectivity index (χ1v) is 8.74. The highest BCUT2D eigenvalue weighted by Crippen LogP contribution is 2.22. The first-order valence-electron chi connectivity index (χ1n) is 8.74. The van der Waals surface area contributed by atoms with Gasteiger partial charge in [0.05, 0.1) is 11.4 Å². The quantitative estimate of drug-likeness (QED) is 0.200. The van der Waals surface area contributed by atoms with Crippen LogP contribution in [-0.4, -0.2) is 10.8 Å². The number of rotatable bonds is 4. The zero-order valence-corrected chi connectivity index (χ0v) is 14.9. The number of benzene rings is 3. The van der Waals surface area contributed by atoms with Crippen LogP contribution in [0.1, 0.15) is 11.1 Å². The molecule has 0 amide bonds. The van der Waals surface area contributed by atoms with E-state index in [0.717, 1.165) is 33.4 Å². The Hall–Kier alpha value is -3.73. The molecule has 0 aliphatic carbocycles. The molecule has 0 radical (unpaired) electrons. The summed E-state index contributed by atoms with van der Waals surface area (Å²) in [5, 5.41) is 14.4. The number of amidine groups is 1. The highest BCUT2D eigenvalue weighted by Gasteiger charge is 2.10. The van der Waals surface area contributed by atoms with Gasteiger partial charge in [-0.25, -0.2) is 0 Å². The normalized spacial score (nSPS) is 12.0. The molecule has 0 unspecified atom stereocenters. The van der Waals surface area contributed by atoms with Crippen molar-refractivity contribution in [1.82, 2.24) is 4.98 Å². The van der Waals surface area contributed by atoms with E-state index in [4.69, 9.17) is 0 Å². The van der Waals surface area contributed by atoms with Crippen molar-refractivity contribution in [3.8, 4) is 0 Å². The minimum atomic E-state index is 0.513. The smallest absolute Gasteiger partial charge is 0.203 e. The van der Waals surface area contributed by atoms with Gasteiger partial charge < -0.3 is 4.98 Å². The number of nitrogens with zero attached hydrogens (tertiary/aromatic N) is 3. The lowest BCUT2D eigenvalue weighted by Crippen LogP contribution is -2.00. The predicted octanol–water partition coefficient (Wildman–Crippen LogP) is 6.03. The monoisotopic (exact) mass is 353 g/mol. The molecule has 0 fully saturated rings. The van der Waals surface area contributed by atoms with Crippen LogP contribution in [0, 0.1) is 6.92 Å². The SMILES string of the molecule is Cc1ccccc1N=N/C(=N\Nc1ccccc1)c1c[nH]c2ccccc12. The third-order valence-electron chi connectivity index (χ3n) is 4.26. The zero-order valence-electron chi connectivity index (χ0n) is 14.9. The van der Waals surface area contributed by atoms with Gasteiger partial charge in [-0.3, -0.25) is 5.43 Å². The molecule has 1 heterocycles. The summed E-state index contributed by atoms with van der Waals surface area (Å²) in [4.78, 5) is 3.27. The van der Waals surface area contributed by atoms with Crippen LogP contribution in [0.2, 0.25) is 0 Å². The van der Waals surface area contributed by atoms with E-state index in [1.165, 1.54) is 0 Å². The van der Waals surface area contributed by atoms with E-state index in [0.29, 0.717) is 5.84 Å². The van der Waals surface area contributed by atoms with Gasteiger partial charge >= 0.3 is 0 Å². The van der Waals surface area contributed by atoms with E-state index in [9.17, 15) is 0 Å². The number of nitrogens with one attached hydrogen (secondary N) is 2. The molecule has 5 heteroatoms. The summed E-state index contributed by atoms with van der Waals surface area (Å²) >= 11 is 0. The molecule has 4 aromatic rings. The van der Waals surface area contributed by atoms with Crippen LogP contribution in [0.25, 0.3) is 10.9 Å². The minimum absolute atomic E-state index is 0.513. The number of H-pyrrole nitrogens is 1. The average molecular weight is 353 g/mol. The first kappa shape index (κ1) is 16.7. The van der Waals surface area contributed by atoms with Gasteiger partial charge in [-0.05, 0) is 36.8 Å². The number of anilines is 1. The number of para-hydroxylation sites is 2. The largest absolute Gasteiger partial charge is 0.360 e. The van der Waals surface area contributed by atoms with Gasteiger partial charge in [0.1, 0.15) is 0 Å². The topological polar surface area (TPSA) is 64.9 Å². The summed E-state index contributed by atoms with van der Waals surface area (Å²) in [7, 11) is 0. The molecule has 0 spiro atoms. The highest BCUT2D eigenvalue weighted by atomic mass is 15.3. The van der Waals surface area contributed by atoms with Gasteiger partial charge in [0.15, 0.2) is 0 Å². The molecule has 0 saturated heterocycles. The number of aromatic nitrogens is 1. The van der Waals surface area contributed by atoms with Crippen LogP contribution >= 0.6 is 0 Å². The molecule has 27 heavy (non-hydrogen) atoms. The molecule has 3 aromatic carbocycles. The number of aromatic amines is 1. The Morgan fingerprint density at radius 2 is 1.59 bits per heavy atom. The van der Waals surface area contributed by atoms with Crippen LogP contribution in [-0.2, 0) is 0 Å². The van der Waals surface area contributed by atoms with Crippen molar-refractivity contribution < 1.29 is 0 Å². The maximum absolute atomic E-state index is 4.52. The molecular weight excluding hydrogens is 334 g/mol. The molecular formula is C22H19N5. The van der Waals surface area contributed by atoms with Crippen molar-refractivity contribution in [2.75, 3.05) is 5.43 Å². The van der Waals surface area contributed by atoms with E-state index in [1.54, 1.807) is 0 Å². The van der Waals surface area contributed by atoms with Crippen LogP contribution in [0.5, 0.6) is 0 Å². The summed E-state index contributed by atoms with van der Waals surface area (Å²) < 4.78 is 0. The standard InChI is InChI=1S/C22H19N5/c1-16-9-5-7-13-20(16)25-27-22(26-24-17-10-3-2-4-11-17)19-15-23-21-14-8-6-12-18(19)21/h2-15,23-24H,1H3/b26-22-,27-25?. The Bertz CT molecular complexity index is 1110. The third-order valence-corrected chi connectivity index (χ3v) is 4.26. The van der Waals surface area contributed by atoms with Crippen molar-refractivity contribution >= 4 is 28.1 Å². The molecule has 4 rings (SSSR count). The number of aryl methyl sites for hydroxylation is 1. The number of azo groups is 1. The number of hydrogen-bond donors (Lipinski definition) is 2. The summed E-state index contributed by atoms with van der Waals surface area (Å²) in [5.41, 5.74) is 7.78. The molecule has 0 bridgehead atoms. The average Bonchev–Trinajstić information content (AvgIpc) is 3.14. The highest BCUT2D eigenvalue weighted by molar-refractivity contribution is 6.10. The second-order valence-corrected chi connectivity index (χ2v) is 6.15. The Morgan fingerprint density at radius 1 is 0.852 bits per heavy atom. The van der Waals surface area contributed by atoms with Gasteiger partial charge in [0, 0.05) is 22.7 Å². The van der Waals surface area contributed by atoms with Crippen LogP contribution in [0.3, 0.4) is 0 Å². The van der Waals surface area contributed by atoms with Crippen LogP contribution in [0.15, 0.2) is 100 Å². The lowest BCUT2D eigenvalue weighted by molar-refractivity contribution is 1.21. The van der Waals surface area contributed by atoms with Crippen LogP contribution < -0.4 is 5.43 Å². The predicted molar refractivity (Wildman–Crippen MR) is 111 cm³/mol. The van der Waals surface area contributed by atoms with Crippen molar-refractivity contribution in [3.63, 3.8) is 0 Å². The van der Waals surface area contributed by atoms with Gasteiger partial charge in [0.25, 0.3) is 0 Å². The maximum Gasteiger partial charge on any atom is 0.203 e. The van der Waals surface area contributed by atoms with Crippen molar-refractivity contribution in [2.24, 2.45) is 15.3 Å². The summed E-state index contributed by atoms with van der Waals surface area (Å²) in [6.07, 6.45) is 1.91. The van der Waals surface area contributed by atoms with E-state index in [2.05, 4.69) is 25.7 Å². The molecule has 1 aromatic heterocycles. The summed E-state index contributed by atoms with van der Waals surface area (Å²) in [6.45, 7) is 2.01. The van der Waals surface area contributed by atoms with Crippen LogP contribution in [0.4, 0.5) is 11.4 Å². The van der Waals surface area contributed by atoms with E-state index >= 15 is 0 Å². The van der Waals surface area contributed by atoms with E-state index in [-0.39, 0.29) is 0 Å². The molecule has 0 atom stereocenters. The van der Waals surface area contributed by atoms with Gasteiger partial charge in [-0.15, -0.1) is 10.2 Å². The molecule has 5 nitrogen and oxygen atoms in total. The van der Waals surface area contributed by atoms with Crippen molar-refractivity contribution in [2.45, 2.75) is 6.92 Å². The fraction of sp³-hybridized carbons (Fsp3) is 0.0455. The molecule has 0 saturated carbocycles. The number of hydrazone groups is 1. The Balaban J connectivity index is 1.74. The lowest BCUT2D eigenvalue weighted by Gasteiger charge is -2.03. The number of fused-ring (bicyclic) bond motifs is 1. The van der Waals surface area contributed by atoms with E-state index < -0.39 is 0 Å². The fourth-order valence-electron chi connectivity index (χ4n) is 2.80. The van der Waals surface area contributed by atoms with Gasteiger partial charge in [-0.2, -0.15) is 5.10 Å². The summed E-state index contributed by atoms with van der Waals surface area (Å²) in [6, 6.07) is 25.7. The fourth-order valence-corrected chi connectivity index (χ4v) is 2.80. The lowest BCUT2D eigenvalue weighted by atomic mass is 10.1. The van der Waals surface area contributed by atoms with Gasteiger partial charge in [0.2, 0.25) is 5.84 Å². The second kappa shape index (κ2) is 7.66. The van der Waals surface area contributed by atoms with E-state index in [1.807, 2.05) is 92.0 Å². The molecule has 0 aliphatic heterocycles. The van der Waals surface area contributed by atoms with Gasteiger partial charge in [-0.1, -0.05) is 54.6 Å². The first-order chi connectivity index (χ1) is 13.3. The summed E-state index contributed by atoms with van der Waals surface area (Å²) in [5.74, 6) is 0.513. The van der Waals surface area contributed by atoms with Crippen molar-refractivity contribution in [1.29, 1.82) is 0 Å². The molecule has 0 aliphatic rings. The second-order valence-electron chi connectivity index (χ2n) is 6.15. The minimum Gasteiger partial charge on any atom is -0.360 e. The Labute approximate surface area is 157 Å². The zero-order chi connectivity index (χ0) is 18.5. The Morgan fingerprint density at radius 3 is 2.44 bits per heavy atom. The Kier molecular flexibility index (Phi) is 4.74. The van der Waals surface area contributed by atoms with Crippen molar-refractivity contribution in [3.05, 3.63) is 96.2 Å². The maximum atomic E-state index is 4.52. The third kappa shape index (κ3) is 3.77.